The molecule has 3 rings (SSSR count). The molecule has 2 aromatic rings. The monoisotopic (exact) mass is 359 g/mol. The van der Waals surface area contributed by atoms with Crippen molar-refractivity contribution in [1.29, 1.82) is 0 Å². The van der Waals surface area contributed by atoms with Crippen LogP contribution in [-0.4, -0.2) is 47.6 Å². The molecular weight excluding hydrogens is 341 g/mol. The highest BCUT2D eigenvalue weighted by Crippen LogP contribution is 2.12. The molecule has 2 heterocycles. The van der Waals surface area contributed by atoms with Crippen molar-refractivity contribution in [3.05, 3.63) is 63.8 Å². The van der Waals surface area contributed by atoms with E-state index >= 15 is 0 Å². The number of anilines is 1. The second-order valence-corrected chi connectivity index (χ2v) is 5.92. The molecule has 0 saturated carbocycles. The summed E-state index contributed by atoms with van der Waals surface area (Å²) in [5.41, 5.74) is 0.0432. The summed E-state index contributed by atoms with van der Waals surface area (Å²) in [4.78, 5) is 38.8. The highest BCUT2D eigenvalue weighted by atomic mass is 19.1. The topological polar surface area (TPSA) is 80.6 Å². The van der Waals surface area contributed by atoms with Gasteiger partial charge < -0.3 is 19.5 Å². The van der Waals surface area contributed by atoms with E-state index in [2.05, 4.69) is 5.32 Å². The zero-order chi connectivity index (χ0) is 18.7. The van der Waals surface area contributed by atoms with Gasteiger partial charge in [-0.1, -0.05) is 0 Å². The molecule has 136 valence electrons. The third kappa shape index (κ3) is 3.80. The van der Waals surface area contributed by atoms with Crippen LogP contribution in [0.4, 0.5) is 10.1 Å². The van der Waals surface area contributed by atoms with E-state index in [4.69, 9.17) is 4.74 Å². The molecule has 7 nitrogen and oxygen atoms in total. The number of benzene rings is 1. The van der Waals surface area contributed by atoms with Crippen LogP contribution in [0.5, 0.6) is 0 Å². The first kappa shape index (κ1) is 17.8. The smallest absolute Gasteiger partial charge is 0.274 e. The number of hydrogen-bond donors (Lipinski definition) is 1. The summed E-state index contributed by atoms with van der Waals surface area (Å²) < 4.78 is 19.5. The number of pyridine rings is 1. The number of amides is 2. The molecule has 1 saturated heterocycles. The molecule has 1 aromatic carbocycles. The van der Waals surface area contributed by atoms with Crippen LogP contribution < -0.4 is 10.9 Å². The van der Waals surface area contributed by atoms with Gasteiger partial charge in [0, 0.05) is 31.9 Å². The van der Waals surface area contributed by atoms with Crippen LogP contribution in [0.3, 0.4) is 0 Å². The molecule has 26 heavy (non-hydrogen) atoms. The molecule has 0 aliphatic carbocycles. The molecule has 1 aromatic heterocycles. The SMILES string of the molecule is Cn1cc(C(=O)N2CCOCC2)cc(NC(=O)c2ccc(F)cc2)c1=O. The Balaban J connectivity index is 1.86. The Hall–Kier alpha value is -3.00. The number of morpholine rings is 1. The molecule has 0 bridgehead atoms. The second-order valence-electron chi connectivity index (χ2n) is 5.92. The van der Waals surface area contributed by atoms with Crippen molar-refractivity contribution in [2.45, 2.75) is 0 Å². The summed E-state index contributed by atoms with van der Waals surface area (Å²) in [6.45, 7) is 1.87. The lowest BCUT2D eigenvalue weighted by Gasteiger charge is -2.27. The molecule has 2 amide bonds. The average molecular weight is 359 g/mol. The molecule has 0 atom stereocenters. The van der Waals surface area contributed by atoms with Gasteiger partial charge >= 0.3 is 0 Å². The highest BCUT2D eigenvalue weighted by molar-refractivity contribution is 6.05. The number of halogens is 1. The van der Waals surface area contributed by atoms with Gasteiger partial charge in [0.1, 0.15) is 11.5 Å². The maximum atomic E-state index is 13.0. The Morgan fingerprint density at radius 2 is 1.77 bits per heavy atom. The highest BCUT2D eigenvalue weighted by Gasteiger charge is 2.21. The minimum absolute atomic E-state index is 0.0130. The van der Waals surface area contributed by atoms with Crippen LogP contribution in [0.25, 0.3) is 0 Å². The summed E-state index contributed by atoms with van der Waals surface area (Å²) in [7, 11) is 1.51. The normalized spacial score (nSPS) is 14.2. The van der Waals surface area contributed by atoms with Gasteiger partial charge in [0.2, 0.25) is 0 Å². The van der Waals surface area contributed by atoms with E-state index in [9.17, 15) is 18.8 Å². The van der Waals surface area contributed by atoms with E-state index in [1.807, 2.05) is 0 Å². The maximum absolute atomic E-state index is 13.0. The number of ether oxygens (including phenoxy) is 1. The van der Waals surface area contributed by atoms with E-state index in [0.717, 1.165) is 12.1 Å². The molecule has 0 spiro atoms. The lowest BCUT2D eigenvalue weighted by Crippen LogP contribution is -2.41. The average Bonchev–Trinajstić information content (AvgIpc) is 2.65. The second kappa shape index (κ2) is 7.49. The number of aryl methyl sites for hydroxylation is 1. The van der Waals surface area contributed by atoms with Crippen molar-refractivity contribution in [1.82, 2.24) is 9.47 Å². The number of hydrogen-bond acceptors (Lipinski definition) is 4. The number of nitrogens with zero attached hydrogens (tertiary/aromatic N) is 2. The lowest BCUT2D eigenvalue weighted by atomic mass is 10.2. The molecule has 1 fully saturated rings. The van der Waals surface area contributed by atoms with Crippen LogP contribution in [0, 0.1) is 5.82 Å². The molecule has 0 radical (unpaired) electrons. The first-order valence-corrected chi connectivity index (χ1v) is 8.10. The van der Waals surface area contributed by atoms with Crippen molar-refractivity contribution in [3.8, 4) is 0 Å². The van der Waals surface area contributed by atoms with Crippen molar-refractivity contribution in [2.24, 2.45) is 7.05 Å². The third-order valence-corrected chi connectivity index (χ3v) is 4.08. The van der Waals surface area contributed by atoms with Gasteiger partial charge in [-0.15, -0.1) is 0 Å². The van der Waals surface area contributed by atoms with E-state index in [1.165, 1.54) is 36.0 Å². The molecule has 8 heteroatoms. The number of carbonyl (C=O) groups is 2. The van der Waals surface area contributed by atoms with Crippen LogP contribution in [0.2, 0.25) is 0 Å². The van der Waals surface area contributed by atoms with Crippen LogP contribution in [-0.2, 0) is 11.8 Å². The van der Waals surface area contributed by atoms with Crippen molar-refractivity contribution in [2.75, 3.05) is 31.6 Å². The Kier molecular flexibility index (Phi) is 5.13. The Morgan fingerprint density at radius 1 is 1.12 bits per heavy atom. The van der Waals surface area contributed by atoms with Crippen LogP contribution >= 0.6 is 0 Å². The van der Waals surface area contributed by atoms with Crippen molar-refractivity contribution >= 4 is 17.5 Å². The minimum Gasteiger partial charge on any atom is -0.378 e. The summed E-state index contributed by atoms with van der Waals surface area (Å²) in [5, 5.41) is 2.49. The van der Waals surface area contributed by atoms with Gasteiger partial charge in [0.15, 0.2) is 0 Å². The molecule has 1 aliphatic rings. The number of carbonyl (C=O) groups excluding carboxylic acids is 2. The first-order valence-electron chi connectivity index (χ1n) is 8.10. The largest absolute Gasteiger partial charge is 0.378 e. The van der Waals surface area contributed by atoms with Gasteiger partial charge in [-0.3, -0.25) is 14.4 Å². The van der Waals surface area contributed by atoms with E-state index < -0.39 is 17.3 Å². The fraction of sp³-hybridized carbons (Fsp3) is 0.278. The molecule has 0 unspecified atom stereocenters. The van der Waals surface area contributed by atoms with Gasteiger partial charge in [-0.2, -0.15) is 0 Å². The Bertz CT molecular complexity index is 886. The van der Waals surface area contributed by atoms with Crippen molar-refractivity contribution in [3.63, 3.8) is 0 Å². The van der Waals surface area contributed by atoms with Gasteiger partial charge in [0.25, 0.3) is 17.4 Å². The van der Waals surface area contributed by atoms with E-state index in [1.54, 1.807) is 4.90 Å². The molecule has 1 aliphatic heterocycles. The number of nitrogens with one attached hydrogen (secondary N) is 1. The maximum Gasteiger partial charge on any atom is 0.274 e. The van der Waals surface area contributed by atoms with E-state index in [-0.39, 0.29) is 17.2 Å². The summed E-state index contributed by atoms with van der Waals surface area (Å²) >= 11 is 0. The third-order valence-electron chi connectivity index (χ3n) is 4.08. The Labute approximate surface area is 149 Å². The summed E-state index contributed by atoms with van der Waals surface area (Å²) in [6.07, 6.45) is 1.44. The zero-order valence-electron chi connectivity index (χ0n) is 14.2. The van der Waals surface area contributed by atoms with Crippen LogP contribution in [0.15, 0.2) is 41.3 Å². The minimum atomic E-state index is -0.557. The first-order chi connectivity index (χ1) is 12.5. The summed E-state index contributed by atoms with van der Waals surface area (Å²) in [5.74, 6) is -1.25. The van der Waals surface area contributed by atoms with E-state index in [0.29, 0.717) is 31.9 Å². The van der Waals surface area contributed by atoms with Gasteiger partial charge in [0.05, 0.1) is 18.8 Å². The quantitative estimate of drug-likeness (QED) is 0.894. The van der Waals surface area contributed by atoms with Crippen molar-refractivity contribution < 1.29 is 18.7 Å². The standard InChI is InChI=1S/C18H18FN3O4/c1-21-11-13(17(24)22-6-8-26-9-7-22)10-15(18(21)25)20-16(23)12-2-4-14(19)5-3-12/h2-5,10-11H,6-9H2,1H3,(H,20,23). The van der Waals surface area contributed by atoms with Crippen LogP contribution in [0.1, 0.15) is 20.7 Å². The van der Waals surface area contributed by atoms with Gasteiger partial charge in [-0.25, -0.2) is 4.39 Å². The molecule has 1 N–H and O–H groups in total. The fourth-order valence-corrected chi connectivity index (χ4v) is 2.66. The Morgan fingerprint density at radius 3 is 2.42 bits per heavy atom. The zero-order valence-corrected chi connectivity index (χ0v) is 14.2. The summed E-state index contributed by atoms with van der Waals surface area (Å²) in [6, 6.07) is 6.31. The number of rotatable bonds is 3. The lowest BCUT2D eigenvalue weighted by molar-refractivity contribution is 0.0302. The fourth-order valence-electron chi connectivity index (χ4n) is 2.66. The molecular formula is C18H18FN3O4. The van der Waals surface area contributed by atoms with Gasteiger partial charge in [-0.05, 0) is 30.3 Å². The predicted molar refractivity (Wildman–Crippen MR) is 92.8 cm³/mol. The number of aromatic nitrogens is 1. The predicted octanol–water partition coefficient (Wildman–Crippen LogP) is 1.25.